The van der Waals surface area contributed by atoms with Crippen molar-refractivity contribution in [3.63, 3.8) is 0 Å². The van der Waals surface area contributed by atoms with Crippen LogP contribution in [0.2, 0.25) is 0 Å². The quantitative estimate of drug-likeness (QED) is 0.879. The Morgan fingerprint density at radius 2 is 2.14 bits per heavy atom. The summed E-state index contributed by atoms with van der Waals surface area (Å²) in [4.78, 5) is 14.7. The van der Waals surface area contributed by atoms with E-state index in [1.165, 1.54) is 0 Å². The number of carbonyl (C=O) groups excluding carboxylic acids is 1. The van der Waals surface area contributed by atoms with Crippen LogP contribution in [0.4, 0.5) is 5.69 Å². The van der Waals surface area contributed by atoms with Gasteiger partial charge < -0.3 is 16.0 Å². The number of anilines is 1. The van der Waals surface area contributed by atoms with E-state index >= 15 is 0 Å². The van der Waals surface area contributed by atoms with E-state index < -0.39 is 0 Å². The number of nitrogens with two attached hydrogens (primary N) is 1. The van der Waals surface area contributed by atoms with E-state index in [0.29, 0.717) is 24.4 Å². The van der Waals surface area contributed by atoms with E-state index in [9.17, 15) is 4.79 Å². The molecular formula is C18H29N3O. The molecule has 1 aliphatic heterocycles. The molecule has 4 heteroatoms. The Bertz CT molecular complexity index is 527. The first-order valence-electron chi connectivity index (χ1n) is 8.29. The lowest BCUT2D eigenvalue weighted by atomic mass is 10.0. The average Bonchev–Trinajstić information content (AvgIpc) is 2.97. The van der Waals surface area contributed by atoms with Gasteiger partial charge in [0.15, 0.2) is 0 Å². The van der Waals surface area contributed by atoms with Crippen molar-refractivity contribution in [2.45, 2.75) is 40.2 Å². The predicted molar refractivity (Wildman–Crippen MR) is 92.2 cm³/mol. The molecule has 0 bridgehead atoms. The van der Waals surface area contributed by atoms with Crippen molar-refractivity contribution in [2.24, 2.45) is 17.6 Å². The van der Waals surface area contributed by atoms with Crippen LogP contribution in [0.25, 0.3) is 0 Å². The van der Waals surface area contributed by atoms with Crippen LogP contribution in [0.3, 0.4) is 0 Å². The summed E-state index contributed by atoms with van der Waals surface area (Å²) in [6.45, 7) is 10.9. The SMILES string of the molecule is Cc1c(NC(C)C(C)C)cccc1C(=O)N1CCC(CN)C1. The molecule has 3 N–H and O–H groups in total. The molecule has 0 spiro atoms. The molecule has 0 radical (unpaired) electrons. The molecule has 2 atom stereocenters. The molecule has 2 unspecified atom stereocenters. The monoisotopic (exact) mass is 303 g/mol. The maximum Gasteiger partial charge on any atom is 0.254 e. The van der Waals surface area contributed by atoms with E-state index in [0.717, 1.165) is 36.3 Å². The van der Waals surface area contributed by atoms with Gasteiger partial charge >= 0.3 is 0 Å². The molecule has 122 valence electrons. The van der Waals surface area contributed by atoms with Gasteiger partial charge in [-0.15, -0.1) is 0 Å². The van der Waals surface area contributed by atoms with Gasteiger partial charge in [0.2, 0.25) is 0 Å². The third-order valence-electron chi connectivity index (χ3n) is 4.85. The van der Waals surface area contributed by atoms with E-state index in [4.69, 9.17) is 5.73 Å². The second-order valence-corrected chi connectivity index (χ2v) is 6.80. The van der Waals surface area contributed by atoms with Crippen molar-refractivity contribution >= 4 is 11.6 Å². The van der Waals surface area contributed by atoms with Crippen LogP contribution in [0.15, 0.2) is 18.2 Å². The molecule has 1 saturated heterocycles. The number of benzene rings is 1. The summed E-state index contributed by atoms with van der Waals surface area (Å²) >= 11 is 0. The Kier molecular flexibility index (Phi) is 5.46. The molecule has 1 amide bonds. The summed E-state index contributed by atoms with van der Waals surface area (Å²) in [5.74, 6) is 1.13. The van der Waals surface area contributed by atoms with Crippen LogP contribution in [0.5, 0.6) is 0 Å². The zero-order valence-corrected chi connectivity index (χ0v) is 14.2. The molecule has 0 aliphatic carbocycles. The highest BCUT2D eigenvalue weighted by Crippen LogP contribution is 2.24. The number of nitrogens with one attached hydrogen (secondary N) is 1. The van der Waals surface area contributed by atoms with E-state index in [-0.39, 0.29) is 5.91 Å². The van der Waals surface area contributed by atoms with Crippen LogP contribution >= 0.6 is 0 Å². The largest absolute Gasteiger partial charge is 0.382 e. The maximum absolute atomic E-state index is 12.8. The zero-order chi connectivity index (χ0) is 16.3. The molecule has 0 aromatic heterocycles. The number of amides is 1. The molecule has 22 heavy (non-hydrogen) atoms. The number of rotatable bonds is 5. The van der Waals surface area contributed by atoms with Gasteiger partial charge in [-0.25, -0.2) is 0 Å². The zero-order valence-electron chi connectivity index (χ0n) is 14.2. The fourth-order valence-corrected chi connectivity index (χ4v) is 2.82. The summed E-state index contributed by atoms with van der Waals surface area (Å²) in [7, 11) is 0. The summed E-state index contributed by atoms with van der Waals surface area (Å²) in [5.41, 5.74) is 8.62. The molecule has 1 fully saturated rings. The van der Waals surface area contributed by atoms with E-state index in [1.54, 1.807) is 0 Å². The standard InChI is InChI=1S/C18H29N3O/c1-12(2)14(4)20-17-7-5-6-16(13(17)3)18(22)21-9-8-15(10-19)11-21/h5-7,12,14-15,20H,8-11,19H2,1-4H3. The Hall–Kier alpha value is -1.55. The van der Waals surface area contributed by atoms with Crippen LogP contribution in [-0.2, 0) is 0 Å². The molecule has 1 heterocycles. The summed E-state index contributed by atoms with van der Waals surface area (Å²) in [6, 6.07) is 6.32. The van der Waals surface area contributed by atoms with E-state index in [1.807, 2.05) is 24.0 Å². The van der Waals surface area contributed by atoms with Gasteiger partial charge in [-0.1, -0.05) is 19.9 Å². The lowest BCUT2D eigenvalue weighted by Gasteiger charge is -2.23. The smallest absolute Gasteiger partial charge is 0.254 e. The predicted octanol–water partition coefficient (Wildman–Crippen LogP) is 2.87. The number of carbonyl (C=O) groups is 1. The molecule has 0 saturated carbocycles. The first kappa shape index (κ1) is 16.8. The lowest BCUT2D eigenvalue weighted by molar-refractivity contribution is 0.0787. The van der Waals surface area contributed by atoms with Gasteiger partial charge in [0, 0.05) is 30.4 Å². The lowest BCUT2D eigenvalue weighted by Crippen LogP contribution is -2.30. The second kappa shape index (κ2) is 7.14. The van der Waals surface area contributed by atoms with Crippen molar-refractivity contribution in [1.82, 2.24) is 4.90 Å². The highest BCUT2D eigenvalue weighted by Gasteiger charge is 2.27. The number of hydrogen-bond donors (Lipinski definition) is 2. The third kappa shape index (κ3) is 3.61. The minimum Gasteiger partial charge on any atom is -0.382 e. The van der Waals surface area contributed by atoms with Gasteiger partial charge in [-0.3, -0.25) is 4.79 Å². The van der Waals surface area contributed by atoms with Crippen LogP contribution in [0.1, 0.15) is 43.1 Å². The van der Waals surface area contributed by atoms with Crippen LogP contribution in [0, 0.1) is 18.8 Å². The molecule has 4 nitrogen and oxygen atoms in total. The van der Waals surface area contributed by atoms with Gasteiger partial charge in [-0.2, -0.15) is 0 Å². The third-order valence-corrected chi connectivity index (χ3v) is 4.85. The van der Waals surface area contributed by atoms with Crippen LogP contribution in [-0.4, -0.2) is 36.5 Å². The van der Waals surface area contributed by atoms with Gasteiger partial charge in [0.05, 0.1) is 0 Å². The van der Waals surface area contributed by atoms with E-state index in [2.05, 4.69) is 32.2 Å². The Labute approximate surface area is 134 Å². The number of nitrogens with zero attached hydrogens (tertiary/aromatic N) is 1. The van der Waals surface area contributed by atoms with Gasteiger partial charge in [-0.05, 0) is 56.3 Å². The highest BCUT2D eigenvalue weighted by molar-refractivity contribution is 5.97. The van der Waals surface area contributed by atoms with Crippen molar-refractivity contribution in [1.29, 1.82) is 0 Å². The molecular weight excluding hydrogens is 274 g/mol. The average molecular weight is 303 g/mol. The van der Waals surface area contributed by atoms with Crippen LogP contribution < -0.4 is 11.1 Å². The summed E-state index contributed by atoms with van der Waals surface area (Å²) in [5, 5.41) is 3.52. The van der Waals surface area contributed by atoms with Crippen molar-refractivity contribution in [2.75, 3.05) is 25.0 Å². The highest BCUT2D eigenvalue weighted by atomic mass is 16.2. The fourth-order valence-electron chi connectivity index (χ4n) is 2.82. The second-order valence-electron chi connectivity index (χ2n) is 6.80. The van der Waals surface area contributed by atoms with Gasteiger partial charge in [0.25, 0.3) is 5.91 Å². The first-order chi connectivity index (χ1) is 10.4. The van der Waals surface area contributed by atoms with Gasteiger partial charge in [0.1, 0.15) is 0 Å². The van der Waals surface area contributed by atoms with Crippen molar-refractivity contribution in [3.8, 4) is 0 Å². The molecule has 2 rings (SSSR count). The summed E-state index contributed by atoms with van der Waals surface area (Å²) < 4.78 is 0. The minimum absolute atomic E-state index is 0.134. The number of hydrogen-bond acceptors (Lipinski definition) is 3. The molecule has 1 aliphatic rings. The molecule has 1 aromatic carbocycles. The normalized spacial score (nSPS) is 19.5. The fraction of sp³-hybridized carbons (Fsp3) is 0.611. The van der Waals surface area contributed by atoms with Crippen molar-refractivity contribution in [3.05, 3.63) is 29.3 Å². The minimum atomic E-state index is 0.134. The first-order valence-corrected chi connectivity index (χ1v) is 8.29. The molecule has 1 aromatic rings. The Morgan fingerprint density at radius 1 is 1.41 bits per heavy atom. The Balaban J connectivity index is 2.16. The van der Waals surface area contributed by atoms with Crippen molar-refractivity contribution < 1.29 is 4.79 Å². The number of likely N-dealkylation sites (tertiary alicyclic amines) is 1. The Morgan fingerprint density at radius 3 is 2.73 bits per heavy atom. The topological polar surface area (TPSA) is 58.4 Å². The maximum atomic E-state index is 12.8. The summed E-state index contributed by atoms with van der Waals surface area (Å²) in [6.07, 6.45) is 1.02.